The van der Waals surface area contributed by atoms with Gasteiger partial charge in [-0.2, -0.15) is 0 Å². The van der Waals surface area contributed by atoms with Crippen molar-refractivity contribution in [2.75, 3.05) is 24.7 Å². The van der Waals surface area contributed by atoms with E-state index in [2.05, 4.69) is 10.6 Å². The molecule has 1 fully saturated rings. The molecule has 0 aromatic heterocycles. The number of phenols is 3. The lowest BCUT2D eigenvalue weighted by atomic mass is 9.78. The summed E-state index contributed by atoms with van der Waals surface area (Å²) in [4.78, 5) is 64.8. The first kappa shape index (κ1) is 51.6. The number of hydrogen-bond acceptors (Lipinski definition) is 19. The van der Waals surface area contributed by atoms with Crippen molar-refractivity contribution < 1.29 is 88.5 Å². The molecule has 0 radical (unpaired) electrons. The monoisotopic (exact) mass is 946 g/mol. The predicted molar refractivity (Wildman–Crippen MR) is 235 cm³/mol. The highest BCUT2D eigenvalue weighted by atomic mass is 32.2. The van der Waals surface area contributed by atoms with Crippen molar-refractivity contribution in [3.63, 3.8) is 0 Å². The first-order chi connectivity index (χ1) is 30.9. The normalized spacial score (nSPS) is 32.5. The third-order valence-electron chi connectivity index (χ3n) is 12.3. The lowest BCUT2D eigenvalue weighted by Crippen LogP contribution is -2.48. The standard InChI is InChI=1S/C45H58N2O18S/c1-17-11-10-12-18(2)42(58)47-28-32(52)26-25(33(53)40(28)66-16-14-46-43(59)36(56)39-34(54)35(55)44(60)64-39)27-38(22(6)31(26)51)65-45(8,41(27)57)62-15-13-24(61-9)19(3)37(63-23(7)48)21(5)30(50)20(4)29(17)49/h10-13,15,17,19-21,24,29-30,34-37,39,49-56H,14,16H2,1-9H3,(H,46,59)(H,47,58)/b11-10-,15-13?,18-12-/t17-,19+,20+,21+,24-,29-,30+,34+,35+,36-,37+,39-,45-/m0/s1. The largest absolute Gasteiger partial charge is 0.507 e. The number of ketones is 1. The van der Waals surface area contributed by atoms with Crippen molar-refractivity contribution in [2.24, 2.45) is 23.7 Å². The Hall–Kier alpha value is -5.42. The topological polar surface area (TPSA) is 317 Å². The van der Waals surface area contributed by atoms with Gasteiger partial charge >= 0.3 is 17.7 Å². The Labute approximate surface area is 384 Å². The van der Waals surface area contributed by atoms with Gasteiger partial charge in [-0.15, -0.1) is 11.8 Å². The summed E-state index contributed by atoms with van der Waals surface area (Å²) < 4.78 is 28.2. The van der Waals surface area contributed by atoms with Crippen LogP contribution in [-0.2, 0) is 38.1 Å². The second-order valence-corrected chi connectivity index (χ2v) is 18.1. The molecule has 4 aliphatic heterocycles. The minimum absolute atomic E-state index is 0.0428. The molecule has 21 heteroatoms. The van der Waals surface area contributed by atoms with Crippen LogP contribution in [0.4, 0.5) is 5.69 Å². The van der Waals surface area contributed by atoms with Crippen molar-refractivity contribution in [3.05, 3.63) is 47.3 Å². The smallest absolute Gasteiger partial charge is 0.338 e. The molecule has 2 amide bonds. The van der Waals surface area contributed by atoms with Gasteiger partial charge in [0.1, 0.15) is 35.1 Å². The van der Waals surface area contributed by atoms with Gasteiger partial charge in [-0.05, 0) is 19.9 Å². The van der Waals surface area contributed by atoms with E-state index in [1.54, 1.807) is 33.8 Å². The minimum Gasteiger partial charge on any atom is -0.507 e. The van der Waals surface area contributed by atoms with Gasteiger partial charge < -0.3 is 75.2 Å². The Morgan fingerprint density at radius 2 is 1.59 bits per heavy atom. The molecule has 66 heavy (non-hydrogen) atoms. The zero-order valence-corrected chi connectivity index (χ0v) is 38.6. The zero-order valence-electron chi connectivity index (χ0n) is 37.8. The second kappa shape index (κ2) is 20.6. The maximum absolute atomic E-state index is 14.5. The van der Waals surface area contributed by atoms with Gasteiger partial charge in [-0.25, -0.2) is 4.79 Å². The number of aromatic hydroxyl groups is 3. The molecule has 10 N–H and O–H groups in total. The molecular formula is C45H58N2O18S. The van der Waals surface area contributed by atoms with E-state index < -0.39 is 136 Å². The molecule has 0 saturated carbocycles. The van der Waals surface area contributed by atoms with Gasteiger partial charge in [0, 0.05) is 73.4 Å². The lowest BCUT2D eigenvalue weighted by molar-refractivity contribution is -0.160. The van der Waals surface area contributed by atoms with Gasteiger partial charge in [0.15, 0.2) is 24.1 Å². The number of anilines is 1. The molecule has 6 rings (SSSR count). The van der Waals surface area contributed by atoms with Crippen LogP contribution >= 0.6 is 11.8 Å². The van der Waals surface area contributed by atoms with Gasteiger partial charge in [0.25, 0.3) is 17.6 Å². The molecule has 4 aliphatic rings. The number of amides is 2. The van der Waals surface area contributed by atoms with Crippen LogP contribution in [0.3, 0.4) is 0 Å². The van der Waals surface area contributed by atoms with E-state index in [-0.39, 0.29) is 45.0 Å². The number of hydrogen-bond donors (Lipinski definition) is 10. The van der Waals surface area contributed by atoms with Gasteiger partial charge in [0.05, 0.1) is 40.4 Å². The number of phenolic OH excluding ortho intramolecular Hbond substituents is 3. The molecule has 13 atom stereocenters. The van der Waals surface area contributed by atoms with Crippen molar-refractivity contribution in [1.29, 1.82) is 0 Å². The Bertz CT molecular complexity index is 2330. The maximum Gasteiger partial charge on any atom is 0.338 e. The molecule has 0 spiro atoms. The summed E-state index contributed by atoms with van der Waals surface area (Å²) in [5.74, 6) is -12.0. The number of ether oxygens (including phenoxy) is 5. The summed E-state index contributed by atoms with van der Waals surface area (Å²) in [6.07, 6.45) is -4.76. The maximum atomic E-state index is 14.5. The first-order valence-electron chi connectivity index (χ1n) is 21.1. The van der Waals surface area contributed by atoms with E-state index in [9.17, 15) is 64.8 Å². The van der Waals surface area contributed by atoms with E-state index in [4.69, 9.17) is 23.7 Å². The number of allylic oxidation sites excluding steroid dienone is 2. The van der Waals surface area contributed by atoms with E-state index in [1.807, 2.05) is 0 Å². The molecule has 2 aromatic rings. The number of Topliss-reactive ketones (excluding diaryl/α,β-unsaturated/α-hetero) is 1. The molecule has 0 aliphatic carbocycles. The molecule has 5 bridgehead atoms. The number of esters is 2. The summed E-state index contributed by atoms with van der Waals surface area (Å²) in [7, 11) is 1.39. The average Bonchev–Trinajstić information content (AvgIpc) is 3.69. The highest BCUT2D eigenvalue weighted by Crippen LogP contribution is 2.57. The van der Waals surface area contributed by atoms with E-state index in [0.717, 1.165) is 18.0 Å². The van der Waals surface area contributed by atoms with Gasteiger partial charge in [-0.3, -0.25) is 19.2 Å². The summed E-state index contributed by atoms with van der Waals surface area (Å²) in [5.41, 5.74) is -0.690. The zero-order chi connectivity index (χ0) is 49.3. The Morgan fingerprint density at radius 1 is 0.924 bits per heavy atom. The summed E-state index contributed by atoms with van der Waals surface area (Å²) in [5, 5.41) is 92.8. The van der Waals surface area contributed by atoms with Crippen LogP contribution in [0.25, 0.3) is 10.8 Å². The van der Waals surface area contributed by atoms with Crippen LogP contribution < -0.4 is 15.4 Å². The summed E-state index contributed by atoms with van der Waals surface area (Å²) in [6.45, 7) is 11.8. The van der Waals surface area contributed by atoms with Crippen molar-refractivity contribution in [1.82, 2.24) is 5.32 Å². The fourth-order valence-corrected chi connectivity index (χ4v) is 9.20. The van der Waals surface area contributed by atoms with Gasteiger partial charge in [-0.1, -0.05) is 45.9 Å². The Balaban J connectivity index is 1.61. The van der Waals surface area contributed by atoms with Crippen molar-refractivity contribution in [2.45, 2.75) is 115 Å². The number of carbonyl (C=O) groups excluding carboxylic acids is 5. The Kier molecular flexibility index (Phi) is 16.1. The average molecular weight is 947 g/mol. The molecular weight excluding hydrogens is 889 g/mol. The number of methoxy groups -OCH3 is 1. The van der Waals surface area contributed by atoms with E-state index in [1.165, 1.54) is 53.0 Å². The SMILES string of the molecule is CO[C@H]1C=CO[C@@]2(C)Oc3c(C)c(O)c4c(O)c(c(SCCNC(=O)[C@@H](O)[C@H]5OC(=O)[C@H](O)[C@H]5O)c(O)c4c3C2=O)NC(=O)/C(C)=C\C=C/[C@H](C)[C@H](O)[C@@H](C)[C@@H](O)[C@@H](C)[C@H](OC(C)=O)[C@@H]1C. The number of aliphatic hydroxyl groups is 5. The number of aliphatic hydroxyl groups excluding tert-OH is 5. The van der Waals surface area contributed by atoms with Crippen LogP contribution in [-0.4, -0.2) is 144 Å². The van der Waals surface area contributed by atoms with Crippen LogP contribution in [0.2, 0.25) is 0 Å². The van der Waals surface area contributed by atoms with Crippen molar-refractivity contribution >= 4 is 57.8 Å². The van der Waals surface area contributed by atoms with E-state index in [0.29, 0.717) is 0 Å². The van der Waals surface area contributed by atoms with Crippen molar-refractivity contribution in [3.8, 4) is 23.0 Å². The summed E-state index contributed by atoms with van der Waals surface area (Å²) in [6, 6.07) is 0. The number of nitrogens with one attached hydrogen (secondary N) is 2. The number of benzene rings is 2. The molecule has 2 aromatic carbocycles. The molecule has 362 valence electrons. The number of thioether (sulfide) groups is 1. The molecule has 20 nitrogen and oxygen atoms in total. The Morgan fingerprint density at radius 3 is 2.20 bits per heavy atom. The number of carbonyl (C=O) groups is 5. The lowest BCUT2D eigenvalue weighted by Gasteiger charge is -2.38. The fraction of sp³-hybridized carbons (Fsp3) is 0.533. The summed E-state index contributed by atoms with van der Waals surface area (Å²) >= 11 is 0.763. The van der Waals surface area contributed by atoms with Crippen LogP contribution in [0.1, 0.15) is 64.4 Å². The molecule has 4 heterocycles. The number of fused-ring (bicyclic) bond motifs is 14. The first-order valence-corrected chi connectivity index (χ1v) is 22.1. The number of cyclic esters (lactones) is 1. The van der Waals surface area contributed by atoms with Gasteiger partial charge in [0.2, 0.25) is 0 Å². The van der Waals surface area contributed by atoms with Crippen LogP contribution in [0.15, 0.2) is 41.0 Å². The third-order valence-corrected chi connectivity index (χ3v) is 13.4. The second-order valence-electron chi connectivity index (χ2n) is 17.0. The quantitative estimate of drug-likeness (QED) is 0.0595. The van der Waals surface area contributed by atoms with Crippen LogP contribution in [0.5, 0.6) is 23.0 Å². The molecule has 0 unspecified atom stereocenters. The predicted octanol–water partition coefficient (Wildman–Crippen LogP) is 1.97. The fourth-order valence-electron chi connectivity index (χ4n) is 8.26. The van der Waals surface area contributed by atoms with E-state index >= 15 is 0 Å². The highest BCUT2D eigenvalue weighted by molar-refractivity contribution is 7.99. The minimum atomic E-state index is -2.15. The molecule has 1 saturated heterocycles. The van der Waals surface area contributed by atoms with Crippen LogP contribution in [0, 0.1) is 30.6 Å². The number of rotatable bonds is 8. The third kappa shape index (κ3) is 9.97. The highest BCUT2D eigenvalue weighted by Gasteiger charge is 2.51.